The summed E-state index contributed by atoms with van der Waals surface area (Å²) in [7, 11) is 0. The van der Waals surface area contributed by atoms with Crippen molar-refractivity contribution >= 4 is 0 Å². The summed E-state index contributed by atoms with van der Waals surface area (Å²) in [4.78, 5) is 0. The third-order valence-corrected chi connectivity index (χ3v) is 6.54. The van der Waals surface area contributed by atoms with Gasteiger partial charge in [-0.1, -0.05) is 98.7 Å². The smallest absolute Gasteiger partial charge is 0.127 e. The van der Waals surface area contributed by atoms with E-state index < -0.39 is 0 Å². The number of benzene rings is 2. The minimum atomic E-state index is -0.237. The highest BCUT2D eigenvalue weighted by atomic mass is 19.1. The van der Waals surface area contributed by atoms with Crippen LogP contribution in [0, 0.1) is 11.2 Å². The molecule has 0 N–H and O–H groups in total. The summed E-state index contributed by atoms with van der Waals surface area (Å²) in [5.41, 5.74) is 3.86. The van der Waals surface area contributed by atoms with E-state index in [1.54, 1.807) is 6.07 Å². The van der Waals surface area contributed by atoms with Crippen LogP contribution in [0.15, 0.2) is 42.5 Å². The van der Waals surface area contributed by atoms with Crippen LogP contribution in [0.3, 0.4) is 0 Å². The van der Waals surface area contributed by atoms with E-state index in [2.05, 4.69) is 92.6 Å². The van der Waals surface area contributed by atoms with Crippen molar-refractivity contribution in [3.63, 3.8) is 0 Å². The largest absolute Gasteiger partial charge is 0.207 e. The van der Waals surface area contributed by atoms with Gasteiger partial charge in [0, 0.05) is 5.41 Å². The number of hydrogen-bond donors (Lipinski definition) is 0. The zero-order valence-electron chi connectivity index (χ0n) is 18.0. The lowest BCUT2D eigenvalue weighted by Gasteiger charge is -2.40. The molecule has 2 rings (SSSR count). The molecule has 1 heteroatoms. The molecule has 2 aromatic carbocycles. The Balaban J connectivity index is 2.44. The molecule has 0 amide bonds. The van der Waals surface area contributed by atoms with E-state index in [1.807, 2.05) is 6.07 Å². The Morgan fingerprint density at radius 2 is 1.23 bits per heavy atom. The highest BCUT2D eigenvalue weighted by Crippen LogP contribution is 2.43. The number of rotatable bonds is 4. The van der Waals surface area contributed by atoms with Gasteiger partial charge in [0.2, 0.25) is 0 Å². The SMILES string of the molecule is CC(C)c1ccc(C(C)(C)c2ccc(C(C)(C)C(C)(C)C)c(F)c2)cc1. The van der Waals surface area contributed by atoms with Gasteiger partial charge >= 0.3 is 0 Å². The Kier molecular flexibility index (Phi) is 5.43. The van der Waals surface area contributed by atoms with Crippen LogP contribution in [-0.4, -0.2) is 0 Å². The van der Waals surface area contributed by atoms with Crippen LogP contribution in [0.25, 0.3) is 0 Å². The summed E-state index contributed by atoms with van der Waals surface area (Å²) in [6.07, 6.45) is 0. The normalized spacial score (nSPS) is 13.3. The average Bonchev–Trinajstić information content (AvgIpc) is 2.53. The van der Waals surface area contributed by atoms with Gasteiger partial charge in [-0.05, 0) is 45.1 Å². The van der Waals surface area contributed by atoms with Crippen molar-refractivity contribution in [3.8, 4) is 0 Å². The van der Waals surface area contributed by atoms with E-state index in [0.717, 1.165) is 11.1 Å². The first kappa shape index (κ1) is 20.7. The molecule has 0 aromatic heterocycles. The number of halogens is 1. The van der Waals surface area contributed by atoms with E-state index in [4.69, 9.17) is 0 Å². The molecule has 0 aliphatic heterocycles. The Hall–Kier alpha value is -1.63. The molecule has 142 valence electrons. The van der Waals surface area contributed by atoms with Crippen molar-refractivity contribution in [2.45, 2.75) is 79.1 Å². The van der Waals surface area contributed by atoms with Gasteiger partial charge in [-0.3, -0.25) is 0 Å². The molecule has 26 heavy (non-hydrogen) atoms. The summed E-state index contributed by atoms with van der Waals surface area (Å²) in [5.74, 6) is 0.415. The third kappa shape index (κ3) is 3.72. The van der Waals surface area contributed by atoms with E-state index in [0.29, 0.717) is 5.92 Å². The van der Waals surface area contributed by atoms with Gasteiger partial charge in [0.15, 0.2) is 0 Å². The monoisotopic (exact) mass is 354 g/mol. The van der Waals surface area contributed by atoms with Crippen molar-refractivity contribution in [1.29, 1.82) is 0 Å². The fourth-order valence-corrected chi connectivity index (χ4v) is 3.27. The highest BCUT2D eigenvalue weighted by molar-refractivity contribution is 5.42. The van der Waals surface area contributed by atoms with Gasteiger partial charge < -0.3 is 0 Å². The van der Waals surface area contributed by atoms with Crippen LogP contribution < -0.4 is 0 Å². The lowest BCUT2D eigenvalue weighted by Crippen LogP contribution is -2.35. The van der Waals surface area contributed by atoms with Crippen molar-refractivity contribution in [2.75, 3.05) is 0 Å². The maximum atomic E-state index is 15.1. The third-order valence-electron chi connectivity index (χ3n) is 6.54. The molecule has 0 bridgehead atoms. The molecule has 0 spiro atoms. The summed E-state index contributed by atoms with van der Waals surface area (Å²) in [6, 6.07) is 14.6. The zero-order chi connectivity index (χ0) is 19.9. The van der Waals surface area contributed by atoms with Crippen LogP contribution in [0.5, 0.6) is 0 Å². The molecule has 0 radical (unpaired) electrons. The topological polar surface area (TPSA) is 0 Å². The molecular formula is C25H35F. The molecule has 0 aliphatic rings. The first-order chi connectivity index (χ1) is 11.8. The van der Waals surface area contributed by atoms with Crippen LogP contribution in [-0.2, 0) is 10.8 Å². The first-order valence-corrected chi connectivity index (χ1v) is 9.69. The highest BCUT2D eigenvalue weighted by Gasteiger charge is 2.37. The van der Waals surface area contributed by atoms with Crippen molar-refractivity contribution < 1.29 is 4.39 Å². The van der Waals surface area contributed by atoms with Crippen molar-refractivity contribution in [1.82, 2.24) is 0 Å². The van der Waals surface area contributed by atoms with E-state index in [-0.39, 0.29) is 22.1 Å². The van der Waals surface area contributed by atoms with Crippen LogP contribution in [0.2, 0.25) is 0 Å². The fourth-order valence-electron chi connectivity index (χ4n) is 3.27. The Morgan fingerprint density at radius 3 is 1.65 bits per heavy atom. The van der Waals surface area contributed by atoms with Crippen LogP contribution >= 0.6 is 0 Å². The van der Waals surface area contributed by atoms with Crippen molar-refractivity contribution in [3.05, 3.63) is 70.5 Å². The molecule has 0 heterocycles. The van der Waals surface area contributed by atoms with Crippen molar-refractivity contribution in [2.24, 2.45) is 5.41 Å². The summed E-state index contributed by atoms with van der Waals surface area (Å²) in [5, 5.41) is 0. The predicted molar refractivity (Wildman–Crippen MR) is 112 cm³/mol. The van der Waals surface area contributed by atoms with Gasteiger partial charge in [0.05, 0.1) is 0 Å². The van der Waals surface area contributed by atoms with E-state index >= 15 is 4.39 Å². The van der Waals surface area contributed by atoms with Gasteiger partial charge in [0.25, 0.3) is 0 Å². The molecule has 0 fully saturated rings. The summed E-state index contributed by atoms with van der Waals surface area (Å²) < 4.78 is 15.1. The van der Waals surface area contributed by atoms with Gasteiger partial charge in [-0.2, -0.15) is 0 Å². The minimum Gasteiger partial charge on any atom is -0.207 e. The first-order valence-electron chi connectivity index (χ1n) is 9.69. The van der Waals surface area contributed by atoms with Gasteiger partial charge in [-0.15, -0.1) is 0 Å². The number of hydrogen-bond acceptors (Lipinski definition) is 0. The standard InChI is InChI=1S/C25H35F/c1-17(2)18-10-12-19(13-11-18)24(6,7)20-14-15-21(22(26)16-20)25(8,9)23(3,4)5/h10-17H,1-9H3. The summed E-state index contributed by atoms with van der Waals surface area (Å²) >= 11 is 0. The summed E-state index contributed by atoms with van der Waals surface area (Å²) in [6.45, 7) is 19.5. The molecule has 0 aliphatic carbocycles. The minimum absolute atomic E-state index is 0.0163. The Bertz CT molecular complexity index is 756. The van der Waals surface area contributed by atoms with Crippen LogP contribution in [0.4, 0.5) is 4.39 Å². The lowest BCUT2D eigenvalue weighted by atomic mass is 9.65. The molecule has 0 atom stereocenters. The molecule has 2 aromatic rings. The molecule has 0 unspecified atom stereocenters. The van der Waals surface area contributed by atoms with E-state index in [1.165, 1.54) is 11.1 Å². The zero-order valence-corrected chi connectivity index (χ0v) is 18.0. The lowest BCUT2D eigenvalue weighted by molar-refractivity contribution is 0.219. The molecule has 0 nitrogen and oxygen atoms in total. The van der Waals surface area contributed by atoms with Gasteiger partial charge in [-0.25, -0.2) is 4.39 Å². The second-order valence-corrected chi connectivity index (χ2v) is 9.97. The van der Waals surface area contributed by atoms with E-state index in [9.17, 15) is 0 Å². The van der Waals surface area contributed by atoms with Crippen LogP contribution in [0.1, 0.15) is 90.5 Å². The predicted octanol–water partition coefficient (Wildman–Crippen LogP) is 7.60. The Labute approximate surface area is 159 Å². The molecule has 0 saturated carbocycles. The Morgan fingerprint density at radius 1 is 0.731 bits per heavy atom. The second-order valence-electron chi connectivity index (χ2n) is 9.97. The average molecular weight is 355 g/mol. The second kappa shape index (κ2) is 6.83. The fraction of sp³-hybridized carbons (Fsp3) is 0.520. The molecular weight excluding hydrogens is 319 g/mol. The quantitative estimate of drug-likeness (QED) is 0.530. The molecule has 0 saturated heterocycles. The van der Waals surface area contributed by atoms with Gasteiger partial charge in [0.1, 0.15) is 5.82 Å². The maximum Gasteiger partial charge on any atom is 0.127 e. The maximum absolute atomic E-state index is 15.1.